The number of ether oxygens (including phenoxy) is 2. The molecule has 0 saturated carbocycles. The van der Waals surface area contributed by atoms with Crippen molar-refractivity contribution in [3.05, 3.63) is 58.1 Å². The molecular weight excluding hydrogens is 416 g/mol. The molecule has 0 unspecified atom stereocenters. The Morgan fingerprint density at radius 2 is 1.92 bits per heavy atom. The molecule has 0 aromatic heterocycles. The van der Waals surface area contributed by atoms with Gasteiger partial charge in [0.15, 0.2) is 5.11 Å². The van der Waals surface area contributed by atoms with E-state index in [2.05, 4.69) is 26.6 Å². The van der Waals surface area contributed by atoms with Gasteiger partial charge in [0, 0.05) is 12.1 Å². The van der Waals surface area contributed by atoms with E-state index in [4.69, 9.17) is 21.7 Å². The number of rotatable bonds is 7. The molecule has 2 N–H and O–H groups in total. The Labute approximate surface area is 167 Å². The predicted molar refractivity (Wildman–Crippen MR) is 110 cm³/mol. The zero-order valence-electron chi connectivity index (χ0n) is 14.7. The van der Waals surface area contributed by atoms with Crippen molar-refractivity contribution in [3.8, 4) is 11.5 Å². The van der Waals surface area contributed by atoms with Crippen molar-refractivity contribution in [1.29, 1.82) is 0 Å². The van der Waals surface area contributed by atoms with E-state index in [-0.39, 0.29) is 11.0 Å². The average molecular weight is 437 g/mol. The van der Waals surface area contributed by atoms with Crippen LogP contribution >= 0.6 is 28.1 Å². The molecule has 7 heteroatoms. The summed E-state index contributed by atoms with van der Waals surface area (Å²) in [6.45, 7) is 3.18. The average Bonchev–Trinajstić information content (AvgIpc) is 2.65. The van der Waals surface area contributed by atoms with Gasteiger partial charge in [-0.3, -0.25) is 10.1 Å². The molecule has 26 heavy (non-hydrogen) atoms. The third-order valence-electron chi connectivity index (χ3n) is 3.49. The number of amides is 1. The lowest BCUT2D eigenvalue weighted by Crippen LogP contribution is -2.38. The maximum Gasteiger partial charge on any atom is 0.257 e. The van der Waals surface area contributed by atoms with Crippen LogP contribution in [0.15, 0.2) is 46.9 Å². The number of nitrogens with one attached hydrogen (secondary N) is 2. The van der Waals surface area contributed by atoms with E-state index in [1.165, 1.54) is 0 Å². The fourth-order valence-corrected chi connectivity index (χ4v) is 2.77. The summed E-state index contributed by atoms with van der Waals surface area (Å²) < 4.78 is 11.4. The van der Waals surface area contributed by atoms with Crippen LogP contribution in [-0.4, -0.2) is 24.7 Å². The third-order valence-corrected chi connectivity index (χ3v) is 4.36. The second kappa shape index (κ2) is 10.1. The maximum absolute atomic E-state index is 12.3. The lowest BCUT2D eigenvalue weighted by atomic mass is 10.2. The fraction of sp³-hybridized carbons (Fsp3) is 0.263. The lowest BCUT2D eigenvalue weighted by molar-refractivity contribution is 0.0976. The quantitative estimate of drug-likeness (QED) is 0.641. The Bertz CT molecular complexity index is 766. The highest BCUT2D eigenvalue weighted by Gasteiger charge is 2.11. The highest BCUT2D eigenvalue weighted by Crippen LogP contribution is 2.26. The Balaban J connectivity index is 1.87. The minimum absolute atomic E-state index is 0.272. The van der Waals surface area contributed by atoms with E-state index in [1.807, 2.05) is 31.2 Å². The molecule has 2 rings (SSSR count). The SMILES string of the molecule is CCCOc1ccc(C(=O)NC(=S)NCc2ccc(OC)cc2)cc1Br. The number of carbonyl (C=O) groups is 1. The number of thiocarbonyl (C=S) groups is 1. The second-order valence-corrected chi connectivity index (χ2v) is 6.74. The highest BCUT2D eigenvalue weighted by atomic mass is 79.9. The van der Waals surface area contributed by atoms with E-state index in [0.29, 0.717) is 24.5 Å². The van der Waals surface area contributed by atoms with Gasteiger partial charge in [0.25, 0.3) is 5.91 Å². The number of hydrogen-bond acceptors (Lipinski definition) is 4. The third kappa shape index (κ3) is 6.00. The lowest BCUT2D eigenvalue weighted by Gasteiger charge is -2.11. The number of benzene rings is 2. The molecule has 0 aliphatic heterocycles. The van der Waals surface area contributed by atoms with Crippen molar-refractivity contribution in [2.24, 2.45) is 0 Å². The molecule has 0 atom stereocenters. The molecule has 2 aromatic rings. The van der Waals surface area contributed by atoms with Gasteiger partial charge in [-0.2, -0.15) is 0 Å². The molecule has 0 aliphatic rings. The normalized spacial score (nSPS) is 10.1. The summed E-state index contributed by atoms with van der Waals surface area (Å²) in [5.74, 6) is 1.23. The van der Waals surface area contributed by atoms with E-state index >= 15 is 0 Å². The Kier molecular flexibility index (Phi) is 7.87. The number of halogens is 1. The number of hydrogen-bond donors (Lipinski definition) is 2. The Morgan fingerprint density at radius 1 is 1.19 bits per heavy atom. The molecule has 0 spiro atoms. The smallest absolute Gasteiger partial charge is 0.257 e. The van der Waals surface area contributed by atoms with Crippen LogP contribution in [0, 0.1) is 0 Å². The maximum atomic E-state index is 12.3. The summed E-state index contributed by atoms with van der Waals surface area (Å²) in [6, 6.07) is 12.8. The van der Waals surface area contributed by atoms with Gasteiger partial charge in [0.05, 0.1) is 18.2 Å². The second-order valence-electron chi connectivity index (χ2n) is 5.48. The summed E-state index contributed by atoms with van der Waals surface area (Å²) in [7, 11) is 1.62. The van der Waals surface area contributed by atoms with Crippen LogP contribution in [0.2, 0.25) is 0 Å². The zero-order chi connectivity index (χ0) is 18.9. The first-order chi connectivity index (χ1) is 12.5. The van der Waals surface area contributed by atoms with Crippen LogP contribution in [0.4, 0.5) is 0 Å². The topological polar surface area (TPSA) is 59.6 Å². The van der Waals surface area contributed by atoms with E-state index < -0.39 is 0 Å². The van der Waals surface area contributed by atoms with Crippen LogP contribution in [0.1, 0.15) is 29.3 Å². The van der Waals surface area contributed by atoms with Crippen LogP contribution in [0.25, 0.3) is 0 Å². The van der Waals surface area contributed by atoms with Crippen molar-refractivity contribution in [3.63, 3.8) is 0 Å². The van der Waals surface area contributed by atoms with Gasteiger partial charge in [-0.1, -0.05) is 19.1 Å². The largest absolute Gasteiger partial charge is 0.497 e. The summed E-state index contributed by atoms with van der Waals surface area (Å²) in [6.07, 6.45) is 0.919. The molecule has 0 aliphatic carbocycles. The Morgan fingerprint density at radius 3 is 2.54 bits per heavy atom. The molecule has 138 valence electrons. The van der Waals surface area contributed by atoms with E-state index in [1.54, 1.807) is 25.3 Å². The summed E-state index contributed by atoms with van der Waals surface area (Å²) in [5, 5.41) is 5.96. The molecule has 0 bridgehead atoms. The van der Waals surface area contributed by atoms with E-state index in [9.17, 15) is 4.79 Å². The van der Waals surface area contributed by atoms with Crippen molar-refractivity contribution >= 4 is 39.2 Å². The van der Waals surface area contributed by atoms with Gasteiger partial charge in [0.1, 0.15) is 11.5 Å². The van der Waals surface area contributed by atoms with Crippen LogP contribution in [0.5, 0.6) is 11.5 Å². The van der Waals surface area contributed by atoms with Gasteiger partial charge in [-0.15, -0.1) is 0 Å². The zero-order valence-corrected chi connectivity index (χ0v) is 17.1. The van der Waals surface area contributed by atoms with Gasteiger partial charge in [-0.05, 0) is 70.5 Å². The van der Waals surface area contributed by atoms with Crippen molar-refractivity contribution < 1.29 is 14.3 Å². The molecule has 0 saturated heterocycles. The van der Waals surface area contributed by atoms with Gasteiger partial charge >= 0.3 is 0 Å². The first-order valence-corrected chi connectivity index (χ1v) is 9.38. The van der Waals surface area contributed by atoms with Crippen molar-refractivity contribution in [1.82, 2.24) is 10.6 Å². The van der Waals surface area contributed by atoms with Gasteiger partial charge in [-0.25, -0.2) is 0 Å². The number of methoxy groups -OCH3 is 1. The number of carbonyl (C=O) groups excluding carboxylic acids is 1. The van der Waals surface area contributed by atoms with Crippen molar-refractivity contribution in [2.75, 3.05) is 13.7 Å². The van der Waals surface area contributed by atoms with Gasteiger partial charge < -0.3 is 14.8 Å². The summed E-state index contributed by atoms with van der Waals surface area (Å²) >= 11 is 8.61. The van der Waals surface area contributed by atoms with Crippen molar-refractivity contribution in [2.45, 2.75) is 19.9 Å². The first-order valence-electron chi connectivity index (χ1n) is 8.18. The minimum Gasteiger partial charge on any atom is -0.497 e. The fourth-order valence-electron chi connectivity index (χ4n) is 2.12. The monoisotopic (exact) mass is 436 g/mol. The van der Waals surface area contributed by atoms with Crippen LogP contribution in [-0.2, 0) is 6.54 Å². The summed E-state index contributed by atoms with van der Waals surface area (Å²) in [4.78, 5) is 12.3. The molecule has 0 radical (unpaired) electrons. The first kappa shape index (κ1) is 20.2. The highest BCUT2D eigenvalue weighted by molar-refractivity contribution is 9.10. The molecule has 2 aromatic carbocycles. The standard InChI is InChI=1S/C19H21BrN2O3S/c1-3-10-25-17-9-6-14(11-16(17)20)18(23)22-19(26)21-12-13-4-7-15(24-2)8-5-13/h4-9,11H,3,10,12H2,1-2H3,(H2,21,22,23,26). The Hall–Kier alpha value is -2.12. The van der Waals surface area contributed by atoms with Gasteiger partial charge in [0.2, 0.25) is 0 Å². The van der Waals surface area contributed by atoms with E-state index in [0.717, 1.165) is 22.2 Å². The van der Waals surface area contributed by atoms with Crippen LogP contribution < -0.4 is 20.1 Å². The molecule has 0 heterocycles. The minimum atomic E-state index is -0.278. The summed E-state index contributed by atoms with van der Waals surface area (Å²) in [5.41, 5.74) is 1.52. The predicted octanol–water partition coefficient (Wildman–Crippen LogP) is 4.05. The molecule has 1 amide bonds. The molecule has 5 nitrogen and oxygen atoms in total. The van der Waals surface area contributed by atoms with Crippen LogP contribution in [0.3, 0.4) is 0 Å². The molecular formula is C19H21BrN2O3S. The molecule has 0 fully saturated rings.